The Kier molecular flexibility index (Phi) is 6.53. The molecule has 0 saturated carbocycles. The maximum atomic E-state index is 13.5. The number of hydrogen-bond donors (Lipinski definition) is 1. The number of nitrogens with one attached hydrogen (secondary N) is 1. The van der Waals surface area contributed by atoms with Crippen LogP contribution in [0.25, 0.3) is 5.69 Å². The summed E-state index contributed by atoms with van der Waals surface area (Å²) in [5.41, 5.74) is 2.37. The standard InChI is InChI=1S/C25H28N6O2S/c1-18-16-22(32)26-20-12-6-7-13-21(20)30(18)23(33)17-34-25-28-27-24(29-14-8-3-9-15-29)31(25)19-10-4-2-5-11-19/h2,4-7,10-13,18H,3,8-9,14-17H2,1H3,(H,26,32)/t18-/m1/s1. The van der Waals surface area contributed by atoms with Gasteiger partial charge in [0.25, 0.3) is 0 Å². The van der Waals surface area contributed by atoms with E-state index in [4.69, 9.17) is 0 Å². The first-order valence-corrected chi connectivity index (χ1v) is 12.7. The summed E-state index contributed by atoms with van der Waals surface area (Å²) in [5.74, 6) is 0.864. The van der Waals surface area contributed by atoms with Gasteiger partial charge in [0.2, 0.25) is 17.8 Å². The number of rotatable bonds is 5. The molecule has 3 aromatic rings. The third-order valence-corrected chi connectivity index (χ3v) is 7.14. The highest BCUT2D eigenvalue weighted by Gasteiger charge is 2.30. The molecule has 1 saturated heterocycles. The Bertz CT molecular complexity index is 1180. The van der Waals surface area contributed by atoms with Crippen LogP contribution in [0.1, 0.15) is 32.6 Å². The molecule has 176 valence electrons. The van der Waals surface area contributed by atoms with Crippen molar-refractivity contribution in [2.75, 3.05) is 34.0 Å². The van der Waals surface area contributed by atoms with Crippen LogP contribution < -0.4 is 15.1 Å². The number of piperidine rings is 1. The molecule has 0 bridgehead atoms. The number of fused-ring (bicyclic) bond motifs is 1. The first-order chi connectivity index (χ1) is 16.6. The Hall–Kier alpha value is -3.33. The summed E-state index contributed by atoms with van der Waals surface area (Å²) in [4.78, 5) is 29.7. The summed E-state index contributed by atoms with van der Waals surface area (Å²) in [5, 5.41) is 12.6. The van der Waals surface area contributed by atoms with Gasteiger partial charge in [-0.3, -0.25) is 14.2 Å². The predicted molar refractivity (Wildman–Crippen MR) is 135 cm³/mol. The number of para-hydroxylation sites is 3. The monoisotopic (exact) mass is 476 g/mol. The summed E-state index contributed by atoms with van der Waals surface area (Å²) >= 11 is 1.38. The third kappa shape index (κ3) is 4.52. The molecule has 9 heteroatoms. The zero-order chi connectivity index (χ0) is 23.5. The highest BCUT2D eigenvalue weighted by atomic mass is 32.2. The SMILES string of the molecule is C[C@@H]1CC(=O)Nc2ccccc2N1C(=O)CSc1nnc(N2CCCCC2)n1-c1ccccc1. The molecule has 3 heterocycles. The van der Waals surface area contributed by atoms with Gasteiger partial charge in [-0.15, -0.1) is 10.2 Å². The molecular weight excluding hydrogens is 448 g/mol. The molecule has 2 amide bonds. The van der Waals surface area contributed by atoms with Gasteiger partial charge >= 0.3 is 0 Å². The van der Waals surface area contributed by atoms with Crippen LogP contribution in [-0.2, 0) is 9.59 Å². The molecule has 5 rings (SSSR count). The number of benzene rings is 2. The van der Waals surface area contributed by atoms with E-state index in [-0.39, 0.29) is 30.0 Å². The Morgan fingerprint density at radius 3 is 2.56 bits per heavy atom. The van der Waals surface area contributed by atoms with Gasteiger partial charge in [0, 0.05) is 25.6 Å². The Labute approximate surface area is 203 Å². The van der Waals surface area contributed by atoms with E-state index in [1.165, 1.54) is 18.2 Å². The molecule has 0 spiro atoms. The lowest BCUT2D eigenvalue weighted by Gasteiger charge is -2.28. The molecular formula is C25H28N6O2S. The van der Waals surface area contributed by atoms with Gasteiger partial charge < -0.3 is 15.1 Å². The Morgan fingerprint density at radius 2 is 1.76 bits per heavy atom. The van der Waals surface area contributed by atoms with E-state index >= 15 is 0 Å². The van der Waals surface area contributed by atoms with E-state index in [2.05, 4.69) is 20.4 Å². The van der Waals surface area contributed by atoms with Gasteiger partial charge in [-0.05, 0) is 50.5 Å². The fourth-order valence-electron chi connectivity index (χ4n) is 4.62. The molecule has 8 nitrogen and oxygen atoms in total. The minimum absolute atomic E-state index is 0.0661. The molecule has 1 atom stereocenters. The largest absolute Gasteiger partial charge is 0.341 e. The topological polar surface area (TPSA) is 83.4 Å². The summed E-state index contributed by atoms with van der Waals surface area (Å²) in [6, 6.07) is 17.2. The van der Waals surface area contributed by atoms with E-state index in [9.17, 15) is 9.59 Å². The van der Waals surface area contributed by atoms with E-state index in [1.54, 1.807) is 4.90 Å². The van der Waals surface area contributed by atoms with Crippen molar-refractivity contribution in [1.82, 2.24) is 14.8 Å². The van der Waals surface area contributed by atoms with Crippen LogP contribution >= 0.6 is 11.8 Å². The zero-order valence-electron chi connectivity index (χ0n) is 19.2. The van der Waals surface area contributed by atoms with Gasteiger partial charge in [0.05, 0.1) is 22.8 Å². The van der Waals surface area contributed by atoms with Crippen LogP contribution in [0.5, 0.6) is 0 Å². The molecule has 1 fully saturated rings. The van der Waals surface area contributed by atoms with Crippen LogP contribution in [0.4, 0.5) is 17.3 Å². The summed E-state index contributed by atoms with van der Waals surface area (Å²) in [6.07, 6.45) is 3.77. The first-order valence-electron chi connectivity index (χ1n) is 11.7. The second kappa shape index (κ2) is 9.89. The number of nitrogens with zero attached hydrogens (tertiary/aromatic N) is 5. The van der Waals surface area contributed by atoms with Crippen LogP contribution in [0.3, 0.4) is 0 Å². The number of hydrogen-bond acceptors (Lipinski definition) is 6. The maximum Gasteiger partial charge on any atom is 0.237 e. The van der Waals surface area contributed by atoms with Crippen molar-refractivity contribution in [3.63, 3.8) is 0 Å². The fourth-order valence-corrected chi connectivity index (χ4v) is 5.43. The Morgan fingerprint density at radius 1 is 1.03 bits per heavy atom. The summed E-state index contributed by atoms with van der Waals surface area (Å²) < 4.78 is 2.05. The maximum absolute atomic E-state index is 13.5. The molecule has 2 aliphatic rings. The van der Waals surface area contributed by atoms with Crippen molar-refractivity contribution in [2.45, 2.75) is 43.8 Å². The number of anilines is 3. The van der Waals surface area contributed by atoms with Crippen molar-refractivity contribution >= 4 is 40.9 Å². The lowest BCUT2D eigenvalue weighted by molar-refractivity contribution is -0.117. The molecule has 1 aromatic heterocycles. The highest BCUT2D eigenvalue weighted by molar-refractivity contribution is 7.99. The molecule has 2 aromatic carbocycles. The second-order valence-corrected chi connectivity index (χ2v) is 9.61. The van der Waals surface area contributed by atoms with Crippen molar-refractivity contribution in [2.24, 2.45) is 0 Å². The third-order valence-electron chi connectivity index (χ3n) is 6.22. The number of carbonyl (C=O) groups is 2. The van der Waals surface area contributed by atoms with Gasteiger partial charge in [-0.1, -0.05) is 42.1 Å². The quantitative estimate of drug-likeness (QED) is 0.558. The molecule has 34 heavy (non-hydrogen) atoms. The van der Waals surface area contributed by atoms with Gasteiger partial charge in [0.15, 0.2) is 5.16 Å². The minimum Gasteiger partial charge on any atom is -0.341 e. The second-order valence-electron chi connectivity index (χ2n) is 8.67. The lowest BCUT2D eigenvalue weighted by atomic mass is 10.1. The summed E-state index contributed by atoms with van der Waals surface area (Å²) in [7, 11) is 0. The van der Waals surface area contributed by atoms with E-state index in [0.29, 0.717) is 10.8 Å². The lowest BCUT2D eigenvalue weighted by Crippen LogP contribution is -2.40. The van der Waals surface area contributed by atoms with Crippen molar-refractivity contribution in [1.29, 1.82) is 0 Å². The van der Waals surface area contributed by atoms with Crippen LogP contribution in [-0.4, -0.2) is 51.5 Å². The molecule has 2 aliphatic heterocycles. The van der Waals surface area contributed by atoms with E-state index in [1.807, 2.05) is 66.1 Å². The molecule has 0 radical (unpaired) electrons. The number of amides is 2. The van der Waals surface area contributed by atoms with Crippen LogP contribution in [0.15, 0.2) is 59.8 Å². The van der Waals surface area contributed by atoms with Crippen molar-refractivity contribution in [3.8, 4) is 5.69 Å². The molecule has 0 unspecified atom stereocenters. The number of thioether (sulfide) groups is 1. The summed E-state index contributed by atoms with van der Waals surface area (Å²) in [6.45, 7) is 3.82. The predicted octanol–water partition coefficient (Wildman–Crippen LogP) is 4.11. The van der Waals surface area contributed by atoms with Crippen molar-refractivity contribution < 1.29 is 9.59 Å². The highest BCUT2D eigenvalue weighted by Crippen LogP contribution is 2.33. The van der Waals surface area contributed by atoms with Crippen LogP contribution in [0, 0.1) is 0 Å². The first kappa shape index (κ1) is 22.5. The van der Waals surface area contributed by atoms with E-state index in [0.717, 1.165) is 43.3 Å². The minimum atomic E-state index is -0.243. The fraction of sp³-hybridized carbons (Fsp3) is 0.360. The van der Waals surface area contributed by atoms with Crippen LogP contribution in [0.2, 0.25) is 0 Å². The average molecular weight is 477 g/mol. The Balaban J connectivity index is 1.41. The normalized spacial score (nSPS) is 18.3. The average Bonchev–Trinajstić information content (AvgIpc) is 3.23. The van der Waals surface area contributed by atoms with Gasteiger partial charge in [-0.25, -0.2) is 0 Å². The zero-order valence-corrected chi connectivity index (χ0v) is 20.0. The van der Waals surface area contributed by atoms with Gasteiger partial charge in [0.1, 0.15) is 0 Å². The number of carbonyl (C=O) groups excluding carboxylic acids is 2. The van der Waals surface area contributed by atoms with E-state index < -0.39 is 0 Å². The smallest absolute Gasteiger partial charge is 0.237 e. The molecule has 0 aliphatic carbocycles. The molecule has 1 N–H and O–H groups in total. The van der Waals surface area contributed by atoms with Crippen molar-refractivity contribution in [3.05, 3.63) is 54.6 Å². The van der Waals surface area contributed by atoms with Gasteiger partial charge in [-0.2, -0.15) is 0 Å². The number of aromatic nitrogens is 3.